The van der Waals surface area contributed by atoms with Crippen molar-refractivity contribution in [2.45, 2.75) is 25.9 Å². The van der Waals surface area contributed by atoms with Crippen LogP contribution in [-0.2, 0) is 9.53 Å². The Morgan fingerprint density at radius 1 is 1.29 bits per heavy atom. The molecule has 0 spiro atoms. The predicted octanol–water partition coefficient (Wildman–Crippen LogP) is 3.18. The summed E-state index contributed by atoms with van der Waals surface area (Å²) in [7, 11) is 0. The number of fused-ring (bicyclic) bond motifs is 1. The van der Waals surface area contributed by atoms with Crippen LogP contribution in [0.15, 0.2) is 36.5 Å². The Bertz CT molecular complexity index is 776. The van der Waals surface area contributed by atoms with E-state index in [4.69, 9.17) is 4.74 Å². The van der Waals surface area contributed by atoms with E-state index in [2.05, 4.69) is 4.98 Å². The van der Waals surface area contributed by atoms with Gasteiger partial charge in [0.2, 0.25) is 0 Å². The van der Waals surface area contributed by atoms with Gasteiger partial charge in [-0.2, -0.15) is 0 Å². The number of rotatable bonds is 4. The zero-order valence-corrected chi connectivity index (χ0v) is 13.6. The molecule has 126 valence electrons. The van der Waals surface area contributed by atoms with Gasteiger partial charge in [-0.3, -0.25) is 9.78 Å². The summed E-state index contributed by atoms with van der Waals surface area (Å²) in [5.74, 6) is -0.820. The topological polar surface area (TPSA) is 79.7 Å². The molecule has 0 aliphatic carbocycles. The number of hydrogen-bond acceptors (Lipinski definition) is 4. The molecule has 3 rings (SSSR count). The summed E-state index contributed by atoms with van der Waals surface area (Å²) < 4.78 is 5.28. The van der Waals surface area contributed by atoms with Gasteiger partial charge in [0.25, 0.3) is 0 Å². The molecule has 2 heterocycles. The van der Waals surface area contributed by atoms with Crippen molar-refractivity contribution in [2.75, 3.05) is 13.2 Å². The van der Waals surface area contributed by atoms with E-state index in [1.165, 1.54) is 0 Å². The van der Waals surface area contributed by atoms with Crippen molar-refractivity contribution in [3.8, 4) is 0 Å². The standard InChI is InChI=1S/C19H21NO4/c1-13(21)14-2-3-15-12-20-17(11-16(15)10-14)4-5-19(18(22)23)6-8-24-9-7-19/h2-5,10-13,21H,6-9H2,1H3,(H,22,23). The minimum Gasteiger partial charge on any atom is -0.481 e. The lowest BCUT2D eigenvalue weighted by atomic mass is 9.80. The van der Waals surface area contributed by atoms with Crippen LogP contribution >= 0.6 is 0 Å². The average Bonchev–Trinajstić information content (AvgIpc) is 2.60. The molecule has 2 N–H and O–H groups in total. The largest absolute Gasteiger partial charge is 0.481 e. The Hall–Kier alpha value is -2.24. The van der Waals surface area contributed by atoms with Crippen molar-refractivity contribution >= 4 is 22.8 Å². The molecule has 5 heteroatoms. The average molecular weight is 327 g/mol. The lowest BCUT2D eigenvalue weighted by molar-refractivity contribution is -0.150. The van der Waals surface area contributed by atoms with Gasteiger partial charge in [-0.05, 0) is 48.9 Å². The molecular formula is C19H21NO4. The first-order chi connectivity index (χ1) is 11.5. The first-order valence-corrected chi connectivity index (χ1v) is 8.08. The second-order valence-corrected chi connectivity index (χ2v) is 6.30. The summed E-state index contributed by atoms with van der Waals surface area (Å²) >= 11 is 0. The molecule has 1 atom stereocenters. The number of aliphatic carboxylic acids is 1. The number of pyridine rings is 1. The molecule has 1 saturated heterocycles. The van der Waals surface area contributed by atoms with E-state index in [-0.39, 0.29) is 0 Å². The third-order valence-corrected chi connectivity index (χ3v) is 4.63. The summed E-state index contributed by atoms with van der Waals surface area (Å²) in [6.45, 7) is 2.64. The van der Waals surface area contributed by atoms with Gasteiger partial charge < -0.3 is 14.9 Å². The lowest BCUT2D eigenvalue weighted by Crippen LogP contribution is -2.35. The number of benzene rings is 1. The number of hydrogen-bond donors (Lipinski definition) is 2. The van der Waals surface area contributed by atoms with E-state index in [9.17, 15) is 15.0 Å². The number of aliphatic hydroxyl groups is 1. The number of ether oxygens (including phenoxy) is 1. The molecule has 0 amide bonds. The maximum Gasteiger partial charge on any atom is 0.313 e. The lowest BCUT2D eigenvalue weighted by Gasteiger charge is -2.30. The van der Waals surface area contributed by atoms with E-state index in [1.807, 2.05) is 24.3 Å². The summed E-state index contributed by atoms with van der Waals surface area (Å²) in [6.07, 6.45) is 5.69. The first-order valence-electron chi connectivity index (χ1n) is 8.08. The van der Waals surface area contributed by atoms with Crippen LogP contribution in [0.3, 0.4) is 0 Å². The minimum atomic E-state index is -0.879. The van der Waals surface area contributed by atoms with Crippen LogP contribution in [0.1, 0.15) is 37.1 Å². The van der Waals surface area contributed by atoms with Crippen molar-refractivity contribution in [3.63, 3.8) is 0 Å². The van der Waals surface area contributed by atoms with Crippen LogP contribution in [0.4, 0.5) is 0 Å². The molecule has 1 aromatic heterocycles. The van der Waals surface area contributed by atoms with E-state index < -0.39 is 17.5 Å². The van der Waals surface area contributed by atoms with Gasteiger partial charge in [0, 0.05) is 24.8 Å². The second-order valence-electron chi connectivity index (χ2n) is 6.30. The minimum absolute atomic E-state index is 0.458. The summed E-state index contributed by atoms with van der Waals surface area (Å²) in [5.41, 5.74) is 0.670. The van der Waals surface area contributed by atoms with Crippen LogP contribution < -0.4 is 0 Å². The smallest absolute Gasteiger partial charge is 0.313 e. The molecule has 1 unspecified atom stereocenters. The third kappa shape index (κ3) is 3.32. The molecular weight excluding hydrogens is 306 g/mol. The first kappa shape index (κ1) is 16.6. The predicted molar refractivity (Wildman–Crippen MR) is 91.5 cm³/mol. The molecule has 24 heavy (non-hydrogen) atoms. The van der Waals surface area contributed by atoms with Crippen molar-refractivity contribution in [3.05, 3.63) is 47.8 Å². The molecule has 0 radical (unpaired) electrons. The van der Waals surface area contributed by atoms with Gasteiger partial charge in [0.1, 0.15) is 0 Å². The fourth-order valence-electron chi connectivity index (χ4n) is 2.96. The van der Waals surface area contributed by atoms with Gasteiger partial charge >= 0.3 is 5.97 Å². The highest BCUT2D eigenvalue weighted by molar-refractivity contribution is 5.84. The number of aromatic nitrogens is 1. The maximum atomic E-state index is 11.7. The van der Waals surface area contributed by atoms with Gasteiger partial charge in [-0.25, -0.2) is 0 Å². The van der Waals surface area contributed by atoms with Crippen molar-refractivity contribution in [1.29, 1.82) is 0 Å². The zero-order chi connectivity index (χ0) is 17.2. The van der Waals surface area contributed by atoms with E-state index in [0.29, 0.717) is 31.7 Å². The van der Waals surface area contributed by atoms with Crippen LogP contribution in [-0.4, -0.2) is 34.4 Å². The normalized spacial score (nSPS) is 18.8. The molecule has 1 aliphatic rings. The number of carboxylic acid groups (broad SMARTS) is 1. The molecule has 1 aromatic carbocycles. The molecule has 5 nitrogen and oxygen atoms in total. The van der Waals surface area contributed by atoms with Crippen LogP contribution in [0.2, 0.25) is 0 Å². The Morgan fingerprint density at radius 2 is 2.04 bits per heavy atom. The van der Waals surface area contributed by atoms with Gasteiger partial charge in [0.05, 0.1) is 17.2 Å². The van der Waals surface area contributed by atoms with Crippen LogP contribution in [0.5, 0.6) is 0 Å². The van der Waals surface area contributed by atoms with Crippen LogP contribution in [0.25, 0.3) is 16.8 Å². The molecule has 0 saturated carbocycles. The Morgan fingerprint density at radius 3 is 2.71 bits per heavy atom. The van der Waals surface area contributed by atoms with E-state index in [0.717, 1.165) is 16.3 Å². The van der Waals surface area contributed by atoms with Crippen molar-refractivity contribution < 1.29 is 19.7 Å². The fraction of sp³-hybridized carbons (Fsp3) is 0.368. The highest BCUT2D eigenvalue weighted by Crippen LogP contribution is 2.33. The SMILES string of the molecule is CC(O)c1ccc2cnc(C=CC3(C(=O)O)CCOCC3)cc2c1. The number of carbonyl (C=O) groups is 1. The Kier molecular flexibility index (Phi) is 4.64. The zero-order valence-electron chi connectivity index (χ0n) is 13.6. The van der Waals surface area contributed by atoms with Crippen LogP contribution in [0, 0.1) is 5.41 Å². The van der Waals surface area contributed by atoms with E-state index in [1.54, 1.807) is 25.3 Å². The fourth-order valence-corrected chi connectivity index (χ4v) is 2.96. The number of aliphatic hydroxyl groups excluding tert-OH is 1. The Labute approximate surface area is 140 Å². The summed E-state index contributed by atoms with van der Waals surface area (Å²) in [5, 5.41) is 21.2. The molecule has 1 aliphatic heterocycles. The van der Waals surface area contributed by atoms with Gasteiger partial charge in [0.15, 0.2) is 0 Å². The third-order valence-electron chi connectivity index (χ3n) is 4.63. The number of carboxylic acids is 1. The van der Waals surface area contributed by atoms with Gasteiger partial charge in [-0.15, -0.1) is 0 Å². The maximum absolute atomic E-state index is 11.7. The number of nitrogens with zero attached hydrogens (tertiary/aromatic N) is 1. The summed E-state index contributed by atoms with van der Waals surface area (Å²) in [4.78, 5) is 16.1. The van der Waals surface area contributed by atoms with Gasteiger partial charge in [-0.1, -0.05) is 18.2 Å². The quantitative estimate of drug-likeness (QED) is 0.901. The summed E-state index contributed by atoms with van der Waals surface area (Å²) in [6, 6.07) is 7.65. The monoisotopic (exact) mass is 327 g/mol. The highest BCUT2D eigenvalue weighted by atomic mass is 16.5. The molecule has 1 fully saturated rings. The Balaban J connectivity index is 1.92. The second kappa shape index (κ2) is 6.71. The van der Waals surface area contributed by atoms with Crippen molar-refractivity contribution in [1.82, 2.24) is 4.98 Å². The van der Waals surface area contributed by atoms with E-state index >= 15 is 0 Å². The molecule has 2 aromatic rings. The van der Waals surface area contributed by atoms with Crippen molar-refractivity contribution in [2.24, 2.45) is 5.41 Å². The highest BCUT2D eigenvalue weighted by Gasteiger charge is 2.37. The molecule has 0 bridgehead atoms.